The average molecular weight is 355 g/mol. The lowest BCUT2D eigenvalue weighted by Gasteiger charge is -2.20. The molecular weight excluding hydrogens is 336 g/mol. The number of ether oxygens (including phenoxy) is 1. The van der Waals surface area contributed by atoms with Crippen LogP contribution in [0.4, 0.5) is 11.4 Å². The predicted octanol–water partition coefficient (Wildman–Crippen LogP) is 3.52. The van der Waals surface area contributed by atoms with Crippen molar-refractivity contribution in [2.24, 2.45) is 0 Å². The monoisotopic (exact) mass is 354 g/mol. The van der Waals surface area contributed by atoms with Crippen LogP contribution in [0, 0.1) is 6.92 Å². The van der Waals surface area contributed by atoms with Crippen LogP contribution in [0.2, 0.25) is 5.02 Å². The normalized spacial score (nSPS) is 11.2. The van der Waals surface area contributed by atoms with Gasteiger partial charge >= 0.3 is 0 Å². The largest absolute Gasteiger partial charge is 0.496 e. The van der Waals surface area contributed by atoms with Gasteiger partial charge in [0.25, 0.3) is 10.0 Å². The van der Waals surface area contributed by atoms with Crippen LogP contribution in [0.1, 0.15) is 5.56 Å². The lowest BCUT2D eigenvalue weighted by Crippen LogP contribution is -2.17. The zero-order valence-corrected chi connectivity index (χ0v) is 15.0. The third-order valence-corrected chi connectivity index (χ3v) is 5.02. The number of halogens is 1. The second-order valence-electron chi connectivity index (χ2n) is 5.27. The first-order chi connectivity index (χ1) is 10.8. The molecule has 7 heteroatoms. The summed E-state index contributed by atoms with van der Waals surface area (Å²) in [5, 5.41) is 0.473. The Morgan fingerprint density at radius 1 is 1.17 bits per heavy atom. The second-order valence-corrected chi connectivity index (χ2v) is 7.36. The first-order valence-electron chi connectivity index (χ1n) is 6.89. The van der Waals surface area contributed by atoms with Gasteiger partial charge in [-0.1, -0.05) is 17.7 Å². The number of methoxy groups -OCH3 is 1. The molecule has 0 amide bonds. The van der Waals surface area contributed by atoms with Gasteiger partial charge in [0.1, 0.15) is 5.75 Å². The molecule has 0 aromatic heterocycles. The molecule has 23 heavy (non-hydrogen) atoms. The minimum Gasteiger partial charge on any atom is -0.496 e. The maximum atomic E-state index is 12.6. The SMILES string of the molecule is COc1ccc(S(=O)(=O)Nc2cccc(Cl)c2N(C)C)cc1C. The molecule has 0 atom stereocenters. The van der Waals surface area contributed by atoms with Crippen LogP contribution in [-0.2, 0) is 10.0 Å². The lowest BCUT2D eigenvalue weighted by atomic mass is 10.2. The number of aryl methyl sites for hydroxylation is 1. The number of sulfonamides is 1. The molecule has 0 saturated carbocycles. The number of nitrogens with one attached hydrogen (secondary N) is 1. The lowest BCUT2D eigenvalue weighted by molar-refractivity contribution is 0.411. The van der Waals surface area contributed by atoms with Gasteiger partial charge in [-0.2, -0.15) is 0 Å². The van der Waals surface area contributed by atoms with E-state index < -0.39 is 10.0 Å². The average Bonchev–Trinajstić information content (AvgIpc) is 2.46. The molecule has 2 rings (SSSR count). The van der Waals surface area contributed by atoms with E-state index in [1.54, 1.807) is 63.4 Å². The molecule has 0 fully saturated rings. The van der Waals surface area contributed by atoms with Crippen molar-refractivity contribution in [3.8, 4) is 5.75 Å². The van der Waals surface area contributed by atoms with Crippen LogP contribution in [-0.4, -0.2) is 29.6 Å². The molecule has 2 aromatic carbocycles. The fourth-order valence-electron chi connectivity index (χ4n) is 2.27. The Balaban J connectivity index is 2.43. The number of anilines is 2. The highest BCUT2D eigenvalue weighted by atomic mass is 35.5. The van der Waals surface area contributed by atoms with Gasteiger partial charge in [-0.05, 0) is 42.8 Å². The van der Waals surface area contributed by atoms with Crippen LogP contribution in [0.25, 0.3) is 0 Å². The Hall–Kier alpha value is -1.92. The van der Waals surface area contributed by atoms with Gasteiger partial charge in [0.2, 0.25) is 0 Å². The van der Waals surface area contributed by atoms with E-state index in [0.29, 0.717) is 22.1 Å². The Morgan fingerprint density at radius 3 is 2.43 bits per heavy atom. The molecule has 5 nitrogen and oxygen atoms in total. The van der Waals surface area contributed by atoms with Crippen molar-refractivity contribution >= 4 is 33.0 Å². The molecule has 0 spiro atoms. The van der Waals surface area contributed by atoms with Crippen molar-refractivity contribution in [1.29, 1.82) is 0 Å². The van der Waals surface area contributed by atoms with Crippen LogP contribution in [0.15, 0.2) is 41.3 Å². The van der Waals surface area contributed by atoms with E-state index in [-0.39, 0.29) is 4.90 Å². The zero-order chi connectivity index (χ0) is 17.2. The summed E-state index contributed by atoms with van der Waals surface area (Å²) < 4.78 is 33.0. The fourth-order valence-corrected chi connectivity index (χ4v) is 3.77. The van der Waals surface area contributed by atoms with Crippen LogP contribution in [0.3, 0.4) is 0 Å². The molecular formula is C16H19ClN2O3S. The number of nitrogens with zero attached hydrogens (tertiary/aromatic N) is 1. The number of rotatable bonds is 5. The highest BCUT2D eigenvalue weighted by Gasteiger charge is 2.19. The topological polar surface area (TPSA) is 58.6 Å². The third kappa shape index (κ3) is 3.71. The molecule has 0 radical (unpaired) electrons. The van der Waals surface area contributed by atoms with Gasteiger partial charge < -0.3 is 9.64 Å². The van der Waals surface area contributed by atoms with E-state index in [0.717, 1.165) is 5.56 Å². The highest BCUT2D eigenvalue weighted by Crippen LogP contribution is 2.34. The van der Waals surface area contributed by atoms with Gasteiger partial charge in [0, 0.05) is 14.1 Å². The van der Waals surface area contributed by atoms with Crippen LogP contribution < -0.4 is 14.4 Å². The molecule has 0 heterocycles. The molecule has 0 aliphatic rings. The second kappa shape index (κ2) is 6.68. The maximum Gasteiger partial charge on any atom is 0.261 e. The standard InChI is InChI=1S/C16H19ClN2O3S/c1-11-10-12(8-9-15(11)22-4)23(20,21)18-14-7-5-6-13(17)16(14)19(2)3/h5-10,18H,1-4H3. The Kier molecular flexibility index (Phi) is 5.06. The Labute approximate surface area is 141 Å². The van der Waals surface area contributed by atoms with E-state index in [9.17, 15) is 8.42 Å². The molecule has 0 unspecified atom stereocenters. The molecule has 2 aromatic rings. The van der Waals surface area contributed by atoms with E-state index in [1.807, 2.05) is 0 Å². The van der Waals surface area contributed by atoms with Crippen LogP contribution >= 0.6 is 11.6 Å². The van der Waals surface area contributed by atoms with Gasteiger partial charge in [-0.25, -0.2) is 8.42 Å². The van der Waals surface area contributed by atoms with E-state index in [4.69, 9.17) is 16.3 Å². The van der Waals surface area contributed by atoms with Gasteiger partial charge in [-0.15, -0.1) is 0 Å². The molecule has 1 N–H and O–H groups in total. The zero-order valence-electron chi connectivity index (χ0n) is 13.4. The summed E-state index contributed by atoms with van der Waals surface area (Å²) in [6, 6.07) is 9.80. The predicted molar refractivity (Wildman–Crippen MR) is 94.3 cm³/mol. The van der Waals surface area contributed by atoms with Crippen molar-refractivity contribution < 1.29 is 13.2 Å². The highest BCUT2D eigenvalue weighted by molar-refractivity contribution is 7.92. The number of hydrogen-bond donors (Lipinski definition) is 1. The maximum absolute atomic E-state index is 12.6. The summed E-state index contributed by atoms with van der Waals surface area (Å²) >= 11 is 6.17. The first-order valence-corrected chi connectivity index (χ1v) is 8.75. The van der Waals surface area contributed by atoms with Crippen molar-refractivity contribution in [2.75, 3.05) is 30.8 Å². The first kappa shape index (κ1) is 17.4. The van der Waals surface area contributed by atoms with E-state index in [1.165, 1.54) is 6.07 Å². The Bertz CT molecular complexity index is 820. The minimum absolute atomic E-state index is 0.167. The van der Waals surface area contributed by atoms with Gasteiger partial charge in [-0.3, -0.25) is 4.72 Å². The summed E-state index contributed by atoms with van der Waals surface area (Å²) in [5.41, 5.74) is 1.79. The summed E-state index contributed by atoms with van der Waals surface area (Å²) in [5.74, 6) is 0.640. The number of hydrogen-bond acceptors (Lipinski definition) is 4. The van der Waals surface area contributed by atoms with Gasteiger partial charge in [0.15, 0.2) is 0 Å². The van der Waals surface area contributed by atoms with Crippen molar-refractivity contribution in [3.63, 3.8) is 0 Å². The fraction of sp³-hybridized carbons (Fsp3) is 0.250. The molecule has 0 saturated heterocycles. The van der Waals surface area contributed by atoms with Gasteiger partial charge in [0.05, 0.1) is 28.4 Å². The molecule has 0 bridgehead atoms. The third-order valence-electron chi connectivity index (χ3n) is 3.35. The van der Waals surface area contributed by atoms with Crippen molar-refractivity contribution in [3.05, 3.63) is 47.0 Å². The number of para-hydroxylation sites is 1. The molecule has 124 valence electrons. The van der Waals surface area contributed by atoms with Crippen molar-refractivity contribution in [2.45, 2.75) is 11.8 Å². The summed E-state index contributed by atoms with van der Waals surface area (Å²) in [7, 11) is 1.43. The Morgan fingerprint density at radius 2 is 1.87 bits per heavy atom. The smallest absolute Gasteiger partial charge is 0.261 e. The number of benzene rings is 2. The van der Waals surface area contributed by atoms with Crippen LogP contribution in [0.5, 0.6) is 5.75 Å². The summed E-state index contributed by atoms with van der Waals surface area (Å²) in [4.78, 5) is 1.93. The minimum atomic E-state index is -3.72. The molecule has 0 aliphatic carbocycles. The van der Waals surface area contributed by atoms with E-state index in [2.05, 4.69) is 4.72 Å². The van der Waals surface area contributed by atoms with E-state index >= 15 is 0 Å². The molecule has 0 aliphatic heterocycles. The summed E-state index contributed by atoms with van der Waals surface area (Å²) in [6.45, 7) is 1.79. The quantitative estimate of drug-likeness (QED) is 0.892. The van der Waals surface area contributed by atoms with Crippen molar-refractivity contribution in [1.82, 2.24) is 0 Å². The summed E-state index contributed by atoms with van der Waals surface area (Å²) in [6.07, 6.45) is 0.